The molecule has 0 N–H and O–H groups in total. The minimum Gasteiger partial charge on any atom is -0.383 e. The molecule has 1 aromatic carbocycles. The van der Waals surface area contributed by atoms with E-state index in [2.05, 4.69) is 4.90 Å². The zero-order valence-corrected chi connectivity index (χ0v) is 10.4. The summed E-state index contributed by atoms with van der Waals surface area (Å²) in [7, 11) is 1.75. The molecule has 0 spiro atoms. The molecule has 17 heavy (non-hydrogen) atoms. The Hall–Kier alpha value is -0.930. The molecule has 2 rings (SSSR count). The molecule has 3 heteroatoms. The summed E-state index contributed by atoms with van der Waals surface area (Å²) in [6, 6.07) is 7.36. The van der Waals surface area contributed by atoms with Gasteiger partial charge >= 0.3 is 0 Å². The van der Waals surface area contributed by atoms with E-state index in [-0.39, 0.29) is 5.82 Å². The smallest absolute Gasteiger partial charge is 0.123 e. The van der Waals surface area contributed by atoms with Gasteiger partial charge in [-0.2, -0.15) is 0 Å². The third-order valence-corrected chi connectivity index (χ3v) is 3.38. The number of nitrogens with zero attached hydrogens (tertiary/aromatic N) is 1. The molecule has 1 unspecified atom stereocenters. The molecule has 1 heterocycles. The second-order valence-electron chi connectivity index (χ2n) is 4.71. The van der Waals surface area contributed by atoms with Gasteiger partial charge < -0.3 is 4.74 Å². The monoisotopic (exact) mass is 237 g/mol. The first-order valence-corrected chi connectivity index (χ1v) is 6.27. The molecule has 0 amide bonds. The SMILES string of the molecule is COCC1CCCCN1Cc1cccc(F)c1. The number of piperidine rings is 1. The molecule has 1 saturated heterocycles. The summed E-state index contributed by atoms with van der Waals surface area (Å²) in [4.78, 5) is 2.40. The second-order valence-corrected chi connectivity index (χ2v) is 4.71. The molecule has 2 nitrogen and oxygen atoms in total. The number of ether oxygens (including phenoxy) is 1. The summed E-state index contributed by atoms with van der Waals surface area (Å²) in [5.74, 6) is -0.150. The van der Waals surface area contributed by atoms with Crippen LogP contribution >= 0.6 is 0 Å². The molecule has 1 aliphatic rings. The van der Waals surface area contributed by atoms with E-state index in [1.54, 1.807) is 19.2 Å². The molecule has 0 aromatic heterocycles. The molecular weight excluding hydrogens is 217 g/mol. The van der Waals surface area contributed by atoms with Crippen molar-refractivity contribution in [2.45, 2.75) is 31.8 Å². The van der Waals surface area contributed by atoms with Crippen LogP contribution in [0.25, 0.3) is 0 Å². The van der Waals surface area contributed by atoms with E-state index in [9.17, 15) is 4.39 Å². The molecular formula is C14H20FNO. The Morgan fingerprint density at radius 3 is 3.06 bits per heavy atom. The van der Waals surface area contributed by atoms with Gasteiger partial charge in [-0.3, -0.25) is 4.90 Å². The van der Waals surface area contributed by atoms with Gasteiger partial charge in [-0.25, -0.2) is 4.39 Å². The van der Waals surface area contributed by atoms with Crippen molar-refractivity contribution in [3.8, 4) is 0 Å². The minimum absolute atomic E-state index is 0.150. The Morgan fingerprint density at radius 2 is 2.29 bits per heavy atom. The number of likely N-dealkylation sites (tertiary alicyclic amines) is 1. The third kappa shape index (κ3) is 3.51. The summed E-state index contributed by atoms with van der Waals surface area (Å²) in [5, 5.41) is 0. The predicted octanol–water partition coefficient (Wildman–Crippen LogP) is 2.83. The van der Waals surface area contributed by atoms with Crippen LogP contribution in [0.1, 0.15) is 24.8 Å². The third-order valence-electron chi connectivity index (χ3n) is 3.38. The van der Waals surface area contributed by atoms with Crippen LogP contribution in [0, 0.1) is 5.82 Å². The summed E-state index contributed by atoms with van der Waals surface area (Å²) >= 11 is 0. The lowest BCUT2D eigenvalue weighted by molar-refractivity contribution is 0.0600. The van der Waals surface area contributed by atoms with Crippen molar-refractivity contribution in [2.75, 3.05) is 20.3 Å². The van der Waals surface area contributed by atoms with Gasteiger partial charge in [-0.05, 0) is 37.1 Å². The molecule has 0 bridgehead atoms. The van der Waals surface area contributed by atoms with Crippen LogP contribution in [-0.2, 0) is 11.3 Å². The van der Waals surface area contributed by atoms with Gasteiger partial charge in [-0.1, -0.05) is 18.6 Å². The number of benzene rings is 1. The van der Waals surface area contributed by atoms with Crippen molar-refractivity contribution >= 4 is 0 Å². The molecule has 0 aliphatic carbocycles. The Morgan fingerprint density at radius 1 is 1.41 bits per heavy atom. The lowest BCUT2D eigenvalue weighted by Gasteiger charge is -2.35. The van der Waals surface area contributed by atoms with E-state index < -0.39 is 0 Å². The zero-order valence-electron chi connectivity index (χ0n) is 10.4. The highest BCUT2D eigenvalue weighted by Crippen LogP contribution is 2.20. The Labute approximate surface area is 102 Å². The van der Waals surface area contributed by atoms with Crippen molar-refractivity contribution in [2.24, 2.45) is 0 Å². The largest absolute Gasteiger partial charge is 0.383 e. The average molecular weight is 237 g/mol. The van der Waals surface area contributed by atoms with Crippen molar-refractivity contribution in [3.63, 3.8) is 0 Å². The molecule has 1 fully saturated rings. The van der Waals surface area contributed by atoms with Crippen LogP contribution < -0.4 is 0 Å². The maximum Gasteiger partial charge on any atom is 0.123 e. The first-order chi connectivity index (χ1) is 8.29. The first kappa shape index (κ1) is 12.5. The number of methoxy groups -OCH3 is 1. The average Bonchev–Trinajstić information content (AvgIpc) is 2.32. The summed E-state index contributed by atoms with van der Waals surface area (Å²) in [6.07, 6.45) is 3.69. The fourth-order valence-corrected chi connectivity index (χ4v) is 2.52. The highest BCUT2D eigenvalue weighted by Gasteiger charge is 2.22. The molecule has 0 radical (unpaired) electrons. The lowest BCUT2D eigenvalue weighted by Crippen LogP contribution is -2.41. The Balaban J connectivity index is 2.00. The van der Waals surface area contributed by atoms with Gasteiger partial charge in [0.15, 0.2) is 0 Å². The number of rotatable bonds is 4. The Bertz CT molecular complexity index is 354. The van der Waals surface area contributed by atoms with Crippen molar-refractivity contribution < 1.29 is 9.13 Å². The molecule has 94 valence electrons. The minimum atomic E-state index is -0.150. The number of hydrogen-bond acceptors (Lipinski definition) is 2. The fraction of sp³-hybridized carbons (Fsp3) is 0.571. The lowest BCUT2D eigenvalue weighted by atomic mass is 10.0. The predicted molar refractivity (Wildman–Crippen MR) is 66.3 cm³/mol. The normalized spacial score (nSPS) is 21.6. The van der Waals surface area contributed by atoms with Gasteiger partial charge in [0.1, 0.15) is 5.82 Å². The van der Waals surface area contributed by atoms with Crippen LogP contribution in [0.2, 0.25) is 0 Å². The van der Waals surface area contributed by atoms with E-state index in [0.717, 1.165) is 25.3 Å². The van der Waals surface area contributed by atoms with Crippen LogP contribution in [0.5, 0.6) is 0 Å². The summed E-state index contributed by atoms with van der Waals surface area (Å²) < 4.78 is 18.4. The molecule has 0 saturated carbocycles. The zero-order chi connectivity index (χ0) is 12.1. The van der Waals surface area contributed by atoms with Gasteiger partial charge in [0.05, 0.1) is 6.61 Å². The highest BCUT2D eigenvalue weighted by molar-refractivity contribution is 5.16. The standard InChI is InChI=1S/C14H20FNO/c1-17-11-14-7-2-3-8-16(14)10-12-5-4-6-13(15)9-12/h4-6,9,14H,2-3,7-8,10-11H2,1H3. The van der Waals surface area contributed by atoms with E-state index in [1.807, 2.05) is 6.07 Å². The fourth-order valence-electron chi connectivity index (χ4n) is 2.52. The van der Waals surface area contributed by atoms with Gasteiger partial charge in [-0.15, -0.1) is 0 Å². The van der Waals surface area contributed by atoms with E-state index in [0.29, 0.717) is 6.04 Å². The molecule has 1 aromatic rings. The van der Waals surface area contributed by atoms with Crippen LogP contribution in [0.15, 0.2) is 24.3 Å². The molecule has 1 atom stereocenters. The summed E-state index contributed by atoms with van der Waals surface area (Å²) in [5.41, 5.74) is 1.05. The Kier molecular flexibility index (Phi) is 4.51. The van der Waals surface area contributed by atoms with E-state index in [4.69, 9.17) is 4.74 Å². The topological polar surface area (TPSA) is 12.5 Å². The maximum absolute atomic E-state index is 13.1. The number of hydrogen-bond donors (Lipinski definition) is 0. The van der Waals surface area contributed by atoms with Gasteiger partial charge in [0, 0.05) is 19.7 Å². The van der Waals surface area contributed by atoms with E-state index >= 15 is 0 Å². The molecule has 1 aliphatic heterocycles. The first-order valence-electron chi connectivity index (χ1n) is 6.27. The van der Waals surface area contributed by atoms with Crippen LogP contribution in [0.3, 0.4) is 0 Å². The van der Waals surface area contributed by atoms with Gasteiger partial charge in [0.2, 0.25) is 0 Å². The summed E-state index contributed by atoms with van der Waals surface area (Å²) in [6.45, 7) is 2.69. The maximum atomic E-state index is 13.1. The van der Waals surface area contributed by atoms with Crippen molar-refractivity contribution in [1.82, 2.24) is 4.90 Å². The highest BCUT2D eigenvalue weighted by atomic mass is 19.1. The van der Waals surface area contributed by atoms with Crippen LogP contribution in [0.4, 0.5) is 4.39 Å². The second kappa shape index (κ2) is 6.12. The van der Waals surface area contributed by atoms with Gasteiger partial charge in [0.25, 0.3) is 0 Å². The van der Waals surface area contributed by atoms with Crippen molar-refractivity contribution in [3.05, 3.63) is 35.6 Å². The number of halogens is 1. The van der Waals surface area contributed by atoms with E-state index in [1.165, 1.54) is 25.3 Å². The van der Waals surface area contributed by atoms with Crippen LogP contribution in [-0.4, -0.2) is 31.2 Å². The van der Waals surface area contributed by atoms with Crippen molar-refractivity contribution in [1.29, 1.82) is 0 Å². The quantitative estimate of drug-likeness (QED) is 0.798.